The van der Waals surface area contributed by atoms with Gasteiger partial charge in [0.05, 0.1) is 5.92 Å². The maximum atomic E-state index is 13.7. The molecule has 0 radical (unpaired) electrons. The lowest BCUT2D eigenvalue weighted by atomic mass is 9.72. The second-order valence-electron chi connectivity index (χ2n) is 11.8. The molecule has 3 amide bonds. The zero-order valence-corrected chi connectivity index (χ0v) is 25.5. The van der Waals surface area contributed by atoms with Gasteiger partial charge in [-0.25, -0.2) is 4.79 Å². The standard InChI is InChI=1S/C26H37N5O2.C8H10/c1-5-11-30-17-19(25(32)31(26(33)27-6-2)13-8-12-29(3)4)14-21-20-9-7-10-22-24(20)18(16-28-22)15-23(21)30;1-7-3-5-8(2)6-4-7/h5,7,9-10,16,19,21,23,28H,1,6,8,11-15,17H2,2-4H3,(H,27,33);3-6H,1-2H3/t19-,21-,23-;/m1./s1. The van der Waals surface area contributed by atoms with Crippen LogP contribution in [0.25, 0.3) is 10.9 Å². The minimum Gasteiger partial charge on any atom is -0.361 e. The molecule has 0 bridgehead atoms. The van der Waals surface area contributed by atoms with Crippen molar-refractivity contribution in [1.29, 1.82) is 0 Å². The minimum atomic E-state index is -0.280. The summed E-state index contributed by atoms with van der Waals surface area (Å²) in [6.07, 6.45) is 6.56. The largest absolute Gasteiger partial charge is 0.361 e. The summed E-state index contributed by atoms with van der Waals surface area (Å²) in [5.74, 6) is -0.0133. The highest BCUT2D eigenvalue weighted by atomic mass is 16.2. The molecule has 1 aliphatic carbocycles. The number of fused-ring (bicyclic) bond motifs is 2. The minimum absolute atomic E-state index is 0.0562. The van der Waals surface area contributed by atoms with Crippen LogP contribution in [-0.2, 0) is 11.2 Å². The molecule has 3 aromatic rings. The number of piperidine rings is 1. The Hall–Kier alpha value is -3.42. The molecule has 0 unspecified atom stereocenters. The normalized spacial score (nSPS) is 19.7. The van der Waals surface area contributed by atoms with Gasteiger partial charge in [0.25, 0.3) is 0 Å². The van der Waals surface area contributed by atoms with Gasteiger partial charge in [0.15, 0.2) is 0 Å². The number of rotatable bonds is 8. The number of nitrogens with zero attached hydrogens (tertiary/aromatic N) is 3. The Morgan fingerprint density at radius 2 is 1.80 bits per heavy atom. The molecule has 1 aliphatic heterocycles. The molecule has 2 N–H and O–H groups in total. The monoisotopic (exact) mass is 557 g/mol. The fourth-order valence-electron chi connectivity index (χ4n) is 6.31. The van der Waals surface area contributed by atoms with Crippen molar-refractivity contribution in [2.24, 2.45) is 5.92 Å². The Balaban J connectivity index is 0.000000417. The van der Waals surface area contributed by atoms with Gasteiger partial charge in [-0.15, -0.1) is 6.58 Å². The summed E-state index contributed by atoms with van der Waals surface area (Å²) in [7, 11) is 4.01. The fourth-order valence-corrected chi connectivity index (χ4v) is 6.31. The van der Waals surface area contributed by atoms with Crippen molar-refractivity contribution in [2.45, 2.75) is 52.0 Å². The molecule has 1 saturated heterocycles. The number of aryl methyl sites for hydroxylation is 2. The van der Waals surface area contributed by atoms with Crippen molar-refractivity contribution in [1.82, 2.24) is 25.0 Å². The van der Waals surface area contributed by atoms with E-state index >= 15 is 0 Å². The number of H-pyrrole nitrogens is 1. The lowest BCUT2D eigenvalue weighted by Gasteiger charge is -2.47. The van der Waals surface area contributed by atoms with Crippen molar-refractivity contribution in [3.8, 4) is 0 Å². The molecule has 3 atom stereocenters. The Morgan fingerprint density at radius 1 is 1.10 bits per heavy atom. The number of aromatic amines is 1. The molecule has 7 heteroatoms. The summed E-state index contributed by atoms with van der Waals surface area (Å²) in [6, 6.07) is 15.0. The summed E-state index contributed by atoms with van der Waals surface area (Å²) in [5, 5.41) is 4.16. The van der Waals surface area contributed by atoms with Gasteiger partial charge in [-0.2, -0.15) is 0 Å². The quantitative estimate of drug-likeness (QED) is 0.359. The van der Waals surface area contributed by atoms with E-state index in [9.17, 15) is 9.59 Å². The number of benzene rings is 2. The van der Waals surface area contributed by atoms with Crippen LogP contribution in [0, 0.1) is 19.8 Å². The molecule has 1 fully saturated rings. The van der Waals surface area contributed by atoms with Gasteiger partial charge in [0.2, 0.25) is 5.91 Å². The van der Waals surface area contributed by atoms with Gasteiger partial charge in [-0.05, 0) is 77.9 Å². The van der Waals surface area contributed by atoms with E-state index in [0.717, 1.165) is 37.9 Å². The smallest absolute Gasteiger partial charge is 0.324 e. The molecular formula is C34H47N5O2. The number of nitrogens with one attached hydrogen (secondary N) is 2. The zero-order valence-electron chi connectivity index (χ0n) is 25.5. The first-order valence-electron chi connectivity index (χ1n) is 14.9. The van der Waals surface area contributed by atoms with E-state index in [0.29, 0.717) is 25.7 Å². The number of urea groups is 1. The van der Waals surface area contributed by atoms with E-state index in [1.54, 1.807) is 0 Å². The summed E-state index contributed by atoms with van der Waals surface area (Å²) in [5.41, 5.74) is 6.50. The lowest BCUT2D eigenvalue weighted by molar-refractivity contribution is -0.135. The van der Waals surface area contributed by atoms with E-state index in [1.807, 2.05) is 27.1 Å². The van der Waals surface area contributed by atoms with Crippen LogP contribution in [0.2, 0.25) is 0 Å². The molecule has 2 aliphatic rings. The molecule has 5 rings (SSSR count). The first kappa shape index (κ1) is 30.5. The Morgan fingerprint density at radius 3 is 2.44 bits per heavy atom. The van der Waals surface area contributed by atoms with Crippen molar-refractivity contribution in [3.05, 3.63) is 83.6 Å². The topological polar surface area (TPSA) is 71.7 Å². The maximum Gasteiger partial charge on any atom is 0.324 e. The summed E-state index contributed by atoms with van der Waals surface area (Å²) in [6.45, 7) is 13.2. The number of aromatic nitrogens is 1. The number of likely N-dealkylation sites (tertiary alicyclic amines) is 1. The van der Waals surface area contributed by atoms with E-state index in [4.69, 9.17) is 0 Å². The highest BCUT2D eigenvalue weighted by molar-refractivity contribution is 5.96. The third-order valence-electron chi connectivity index (χ3n) is 8.33. The van der Waals surface area contributed by atoms with Crippen LogP contribution in [0.4, 0.5) is 4.79 Å². The van der Waals surface area contributed by atoms with Gasteiger partial charge in [0.1, 0.15) is 0 Å². The van der Waals surface area contributed by atoms with Gasteiger partial charge >= 0.3 is 6.03 Å². The number of imide groups is 1. The summed E-state index contributed by atoms with van der Waals surface area (Å²) < 4.78 is 0. The third kappa shape index (κ3) is 7.27. The molecule has 1 aromatic heterocycles. The molecule has 41 heavy (non-hydrogen) atoms. The summed E-state index contributed by atoms with van der Waals surface area (Å²) in [4.78, 5) is 35.9. The maximum absolute atomic E-state index is 13.7. The van der Waals surface area contributed by atoms with Crippen molar-refractivity contribution < 1.29 is 9.59 Å². The van der Waals surface area contributed by atoms with E-state index in [1.165, 1.54) is 32.5 Å². The number of carbonyl (C=O) groups excluding carboxylic acids is 2. The van der Waals surface area contributed by atoms with Gasteiger partial charge in [-0.1, -0.05) is 53.6 Å². The van der Waals surface area contributed by atoms with Crippen LogP contribution in [0.1, 0.15) is 47.9 Å². The van der Waals surface area contributed by atoms with Crippen molar-refractivity contribution in [3.63, 3.8) is 0 Å². The van der Waals surface area contributed by atoms with Gasteiger partial charge in [0, 0.05) is 55.2 Å². The van der Waals surface area contributed by atoms with E-state index in [2.05, 4.69) is 89.2 Å². The first-order valence-corrected chi connectivity index (χ1v) is 14.9. The second kappa shape index (κ2) is 14.0. The van der Waals surface area contributed by atoms with Gasteiger partial charge in [-0.3, -0.25) is 14.6 Å². The second-order valence-corrected chi connectivity index (χ2v) is 11.8. The van der Waals surface area contributed by atoms with Crippen molar-refractivity contribution in [2.75, 3.05) is 46.8 Å². The number of hydrogen-bond acceptors (Lipinski definition) is 4. The fraction of sp³-hybridized carbons (Fsp3) is 0.471. The predicted molar refractivity (Wildman–Crippen MR) is 168 cm³/mol. The predicted octanol–water partition coefficient (Wildman–Crippen LogP) is 5.50. The van der Waals surface area contributed by atoms with Gasteiger partial charge < -0.3 is 15.2 Å². The highest BCUT2D eigenvalue weighted by Crippen LogP contribution is 2.45. The number of hydrogen-bond donors (Lipinski definition) is 2. The van der Waals surface area contributed by atoms with Crippen molar-refractivity contribution >= 4 is 22.8 Å². The molecule has 2 heterocycles. The zero-order chi connectivity index (χ0) is 29.5. The van der Waals surface area contributed by atoms with E-state index in [-0.39, 0.29) is 23.8 Å². The number of amides is 3. The van der Waals surface area contributed by atoms with E-state index < -0.39 is 0 Å². The SMILES string of the molecule is C=CCN1C[C@H](C(=O)N(CCCN(C)C)C(=O)NCC)C[C@@H]2c3cccc4[nH]cc(c34)C[C@H]21.Cc1ccc(C)cc1. The Labute approximate surface area is 245 Å². The first-order chi connectivity index (χ1) is 19.7. The highest BCUT2D eigenvalue weighted by Gasteiger charge is 2.43. The molecule has 220 valence electrons. The average molecular weight is 558 g/mol. The van der Waals surface area contributed by atoms with Crippen LogP contribution >= 0.6 is 0 Å². The van der Waals surface area contributed by atoms with Crippen LogP contribution < -0.4 is 5.32 Å². The van der Waals surface area contributed by atoms with Crippen LogP contribution in [-0.4, -0.2) is 84.5 Å². The molecule has 0 saturated carbocycles. The lowest BCUT2D eigenvalue weighted by Crippen LogP contribution is -2.55. The van der Waals surface area contributed by atoms with Crippen LogP contribution in [0.15, 0.2) is 61.3 Å². The Bertz CT molecular complexity index is 1310. The molecule has 0 spiro atoms. The molecular weight excluding hydrogens is 510 g/mol. The Kier molecular flexibility index (Phi) is 10.4. The molecule has 2 aromatic carbocycles. The average Bonchev–Trinajstić information content (AvgIpc) is 3.37. The van der Waals surface area contributed by atoms with Crippen LogP contribution in [0.5, 0.6) is 0 Å². The third-order valence-corrected chi connectivity index (χ3v) is 8.33. The summed E-state index contributed by atoms with van der Waals surface area (Å²) >= 11 is 0. The van der Waals surface area contributed by atoms with Crippen LogP contribution in [0.3, 0.4) is 0 Å². The number of carbonyl (C=O) groups is 2. The molecule has 7 nitrogen and oxygen atoms in total.